The second-order valence-corrected chi connectivity index (χ2v) is 10.4. The molecule has 0 unspecified atom stereocenters. The first-order valence-corrected chi connectivity index (χ1v) is 14.8. The Morgan fingerprint density at radius 2 is 0.854 bits per heavy atom. The SMILES string of the molecule is COc1ccc2ccccc2c1COc1ccc(C#N)c(C#N)c1.COc1ccc2ccccc2c1COc1ccc(C#N)c(C#N)c1. The molecular formula is C40H28N4O4. The molecule has 0 spiro atoms. The first-order valence-electron chi connectivity index (χ1n) is 14.8. The standard InChI is InChI=1S/2C20H14N2O2/c2*1-23-20-9-7-14-4-2-3-5-18(14)19(20)13-24-17-8-6-15(11-21)16(10-17)12-22/h2*2-10H,13H2,1H3. The molecule has 0 aliphatic rings. The number of methoxy groups -OCH3 is 2. The summed E-state index contributed by atoms with van der Waals surface area (Å²) in [5.41, 5.74) is 3.18. The quantitative estimate of drug-likeness (QED) is 0.164. The molecule has 0 aliphatic carbocycles. The van der Waals surface area contributed by atoms with E-state index in [0.717, 1.165) is 44.2 Å². The zero-order chi connectivity index (χ0) is 33.9. The van der Waals surface area contributed by atoms with Crippen LogP contribution in [0.3, 0.4) is 0 Å². The van der Waals surface area contributed by atoms with E-state index >= 15 is 0 Å². The van der Waals surface area contributed by atoms with Crippen molar-refractivity contribution in [2.45, 2.75) is 13.2 Å². The summed E-state index contributed by atoms with van der Waals surface area (Å²) in [7, 11) is 3.26. The van der Waals surface area contributed by atoms with Crippen molar-refractivity contribution < 1.29 is 18.9 Å². The molecule has 0 bridgehead atoms. The third-order valence-corrected chi connectivity index (χ3v) is 7.67. The van der Waals surface area contributed by atoms with Crippen molar-refractivity contribution in [1.29, 1.82) is 21.0 Å². The normalized spacial score (nSPS) is 9.96. The van der Waals surface area contributed by atoms with Crippen LogP contribution >= 0.6 is 0 Å². The number of nitrogens with zero attached hydrogens (tertiary/aromatic N) is 4. The number of benzene rings is 6. The molecule has 6 rings (SSSR count). The minimum Gasteiger partial charge on any atom is -0.496 e. The summed E-state index contributed by atoms with van der Waals surface area (Å²) in [5, 5.41) is 40.5. The fraction of sp³-hybridized carbons (Fsp3) is 0.100. The highest BCUT2D eigenvalue weighted by Gasteiger charge is 2.12. The first-order chi connectivity index (χ1) is 23.5. The number of hydrogen-bond donors (Lipinski definition) is 0. The van der Waals surface area contributed by atoms with Gasteiger partial charge in [0.15, 0.2) is 0 Å². The summed E-state index contributed by atoms with van der Waals surface area (Å²) in [6.45, 7) is 0.614. The minimum absolute atomic E-state index is 0.305. The van der Waals surface area contributed by atoms with Gasteiger partial charge in [0.05, 0.1) is 36.5 Å². The maximum atomic E-state index is 9.11. The molecule has 0 atom stereocenters. The largest absolute Gasteiger partial charge is 0.496 e. The highest BCUT2D eigenvalue weighted by Crippen LogP contribution is 2.31. The van der Waals surface area contributed by atoms with Crippen molar-refractivity contribution in [3.05, 3.63) is 143 Å². The van der Waals surface area contributed by atoms with Crippen LogP contribution < -0.4 is 18.9 Å². The first kappa shape index (κ1) is 32.4. The molecule has 0 N–H and O–H groups in total. The number of nitriles is 4. The average molecular weight is 629 g/mol. The monoisotopic (exact) mass is 628 g/mol. The molecule has 0 fully saturated rings. The maximum absolute atomic E-state index is 9.11. The molecule has 48 heavy (non-hydrogen) atoms. The van der Waals surface area contributed by atoms with Gasteiger partial charge in [0.1, 0.15) is 60.5 Å². The fourth-order valence-corrected chi connectivity index (χ4v) is 5.23. The summed E-state index contributed by atoms with van der Waals surface area (Å²) < 4.78 is 22.6. The Morgan fingerprint density at radius 3 is 1.23 bits per heavy atom. The van der Waals surface area contributed by atoms with E-state index in [1.165, 1.54) is 0 Å². The van der Waals surface area contributed by atoms with Gasteiger partial charge in [-0.2, -0.15) is 21.0 Å². The third-order valence-electron chi connectivity index (χ3n) is 7.67. The predicted molar refractivity (Wildman–Crippen MR) is 181 cm³/mol. The van der Waals surface area contributed by atoms with E-state index in [-0.39, 0.29) is 0 Å². The smallest absolute Gasteiger partial charge is 0.126 e. The molecule has 0 aliphatic heterocycles. The third kappa shape index (κ3) is 7.11. The van der Waals surface area contributed by atoms with Crippen molar-refractivity contribution in [1.82, 2.24) is 0 Å². The van der Waals surface area contributed by atoms with Gasteiger partial charge in [0.2, 0.25) is 0 Å². The zero-order valence-electron chi connectivity index (χ0n) is 26.2. The van der Waals surface area contributed by atoms with Crippen molar-refractivity contribution in [3.8, 4) is 47.3 Å². The van der Waals surface area contributed by atoms with E-state index in [1.54, 1.807) is 50.6 Å². The molecule has 0 radical (unpaired) electrons. The van der Waals surface area contributed by atoms with Crippen LogP contribution in [0.2, 0.25) is 0 Å². The Hall–Kier alpha value is -7.00. The molecule has 8 heteroatoms. The maximum Gasteiger partial charge on any atom is 0.126 e. The predicted octanol–water partition coefficient (Wildman–Crippen LogP) is 8.34. The highest BCUT2D eigenvalue weighted by atomic mass is 16.5. The van der Waals surface area contributed by atoms with Gasteiger partial charge in [-0.25, -0.2) is 0 Å². The molecule has 0 heterocycles. The van der Waals surface area contributed by atoms with Crippen molar-refractivity contribution in [3.63, 3.8) is 0 Å². The lowest BCUT2D eigenvalue weighted by Crippen LogP contribution is -2.00. The molecule has 0 amide bonds. The van der Waals surface area contributed by atoms with E-state index in [1.807, 2.05) is 97.1 Å². The fourth-order valence-electron chi connectivity index (χ4n) is 5.23. The van der Waals surface area contributed by atoms with E-state index in [4.69, 9.17) is 40.0 Å². The number of hydrogen-bond acceptors (Lipinski definition) is 8. The van der Waals surface area contributed by atoms with Crippen LogP contribution in [-0.2, 0) is 13.2 Å². The molecule has 0 saturated heterocycles. The van der Waals surface area contributed by atoms with Crippen LogP contribution in [0, 0.1) is 45.3 Å². The highest BCUT2D eigenvalue weighted by molar-refractivity contribution is 5.88. The van der Waals surface area contributed by atoms with Gasteiger partial charge in [-0.05, 0) is 70.1 Å². The van der Waals surface area contributed by atoms with Crippen molar-refractivity contribution >= 4 is 21.5 Å². The van der Waals surface area contributed by atoms with E-state index in [0.29, 0.717) is 47.0 Å². The Labute approximate surface area is 278 Å². The lowest BCUT2D eigenvalue weighted by Gasteiger charge is -2.13. The van der Waals surface area contributed by atoms with Crippen LogP contribution in [0.25, 0.3) is 21.5 Å². The molecule has 232 valence electrons. The van der Waals surface area contributed by atoms with Gasteiger partial charge in [-0.15, -0.1) is 0 Å². The van der Waals surface area contributed by atoms with E-state index < -0.39 is 0 Å². The van der Waals surface area contributed by atoms with Gasteiger partial charge in [0, 0.05) is 11.1 Å². The minimum atomic E-state index is 0.305. The van der Waals surface area contributed by atoms with Crippen molar-refractivity contribution in [2.24, 2.45) is 0 Å². The van der Waals surface area contributed by atoms with Crippen LogP contribution in [0.1, 0.15) is 33.4 Å². The van der Waals surface area contributed by atoms with Gasteiger partial charge in [0.25, 0.3) is 0 Å². The van der Waals surface area contributed by atoms with Gasteiger partial charge < -0.3 is 18.9 Å². The number of fused-ring (bicyclic) bond motifs is 2. The van der Waals surface area contributed by atoms with E-state index in [2.05, 4.69) is 0 Å². The lowest BCUT2D eigenvalue weighted by atomic mass is 10.0. The molecule has 6 aromatic rings. The summed E-state index contributed by atoms with van der Waals surface area (Å²) in [6, 6.07) is 41.6. The number of rotatable bonds is 8. The van der Waals surface area contributed by atoms with E-state index in [9.17, 15) is 0 Å². The van der Waals surface area contributed by atoms with Crippen molar-refractivity contribution in [2.75, 3.05) is 14.2 Å². The van der Waals surface area contributed by atoms with Crippen LogP contribution in [0.5, 0.6) is 23.0 Å². The molecule has 0 saturated carbocycles. The van der Waals surface area contributed by atoms with Crippen LogP contribution in [0.4, 0.5) is 0 Å². The molecule has 0 aromatic heterocycles. The Balaban J connectivity index is 0.000000188. The van der Waals surface area contributed by atoms with Gasteiger partial charge >= 0.3 is 0 Å². The molecule has 8 nitrogen and oxygen atoms in total. The summed E-state index contributed by atoms with van der Waals surface area (Å²) in [4.78, 5) is 0. The molecular weight excluding hydrogens is 600 g/mol. The summed E-state index contributed by atoms with van der Waals surface area (Å²) >= 11 is 0. The second-order valence-electron chi connectivity index (χ2n) is 10.4. The zero-order valence-corrected chi connectivity index (χ0v) is 26.2. The number of ether oxygens (including phenoxy) is 4. The lowest BCUT2D eigenvalue weighted by molar-refractivity contribution is 0.298. The van der Waals surface area contributed by atoms with Gasteiger partial charge in [-0.3, -0.25) is 0 Å². The second kappa shape index (κ2) is 15.3. The summed E-state index contributed by atoms with van der Waals surface area (Å²) in [6.07, 6.45) is 0. The topological polar surface area (TPSA) is 132 Å². The van der Waals surface area contributed by atoms with Crippen LogP contribution in [-0.4, -0.2) is 14.2 Å². The van der Waals surface area contributed by atoms with Crippen LogP contribution in [0.15, 0.2) is 109 Å². The Kier molecular flexibility index (Phi) is 10.3. The van der Waals surface area contributed by atoms with Gasteiger partial charge in [-0.1, -0.05) is 60.7 Å². The Bertz CT molecular complexity index is 2120. The Morgan fingerprint density at radius 1 is 0.458 bits per heavy atom. The summed E-state index contributed by atoms with van der Waals surface area (Å²) in [5.74, 6) is 2.59. The molecule has 6 aromatic carbocycles. The average Bonchev–Trinajstić information content (AvgIpc) is 3.15.